The molecule has 0 spiro atoms. The number of hydrogen-bond donors (Lipinski definition) is 1. The Morgan fingerprint density at radius 3 is 2.64 bits per heavy atom. The molecule has 0 radical (unpaired) electrons. The lowest BCUT2D eigenvalue weighted by Crippen LogP contribution is -2.40. The van der Waals surface area contributed by atoms with E-state index < -0.39 is 6.04 Å². The van der Waals surface area contributed by atoms with Crippen molar-refractivity contribution in [2.24, 2.45) is 0 Å². The van der Waals surface area contributed by atoms with Gasteiger partial charge in [-0.3, -0.25) is 14.6 Å². The Bertz CT molecular complexity index is 1010. The van der Waals surface area contributed by atoms with Crippen LogP contribution in [0.3, 0.4) is 0 Å². The maximum atomic E-state index is 13.2. The predicted octanol–water partition coefficient (Wildman–Crippen LogP) is 2.65. The lowest BCUT2D eigenvalue weighted by atomic mass is 10.0. The maximum Gasteiger partial charge on any atom is 0.256 e. The summed E-state index contributed by atoms with van der Waals surface area (Å²) in [5.74, 6) is -0.0754. The van der Waals surface area contributed by atoms with Crippen LogP contribution in [0.1, 0.15) is 39.1 Å². The van der Waals surface area contributed by atoms with Crippen LogP contribution in [-0.2, 0) is 0 Å². The number of rotatable bonds is 4. The van der Waals surface area contributed by atoms with Crippen LogP contribution in [0.5, 0.6) is 0 Å². The predicted molar refractivity (Wildman–Crippen MR) is 105 cm³/mol. The fourth-order valence-corrected chi connectivity index (χ4v) is 3.56. The summed E-state index contributed by atoms with van der Waals surface area (Å²) in [6.45, 7) is 2.54. The summed E-state index contributed by atoms with van der Waals surface area (Å²) in [4.78, 5) is 31.6. The minimum absolute atomic E-state index is 0.175. The summed E-state index contributed by atoms with van der Waals surface area (Å²) >= 11 is 0. The SMILES string of the molecule is Cc1ccc(-n2ncc(C(=O)[C@@H]3CCCN3C(=O)c3cccnc3)c2N)cc1. The molecule has 0 unspecified atom stereocenters. The molecule has 1 saturated heterocycles. The fourth-order valence-electron chi connectivity index (χ4n) is 3.56. The van der Waals surface area contributed by atoms with Gasteiger partial charge in [0.25, 0.3) is 5.91 Å². The van der Waals surface area contributed by atoms with Crippen molar-refractivity contribution in [2.45, 2.75) is 25.8 Å². The van der Waals surface area contributed by atoms with Crippen molar-refractivity contribution in [1.82, 2.24) is 19.7 Å². The average molecular weight is 375 g/mol. The summed E-state index contributed by atoms with van der Waals surface area (Å²) in [7, 11) is 0. The number of hydrogen-bond acceptors (Lipinski definition) is 5. The van der Waals surface area contributed by atoms with E-state index in [-0.39, 0.29) is 17.5 Å². The minimum Gasteiger partial charge on any atom is -0.383 e. The molecule has 0 aliphatic carbocycles. The number of nitrogen functional groups attached to an aromatic ring is 1. The van der Waals surface area contributed by atoms with Crippen LogP contribution in [0, 0.1) is 6.92 Å². The third kappa shape index (κ3) is 3.15. The molecule has 3 heterocycles. The van der Waals surface area contributed by atoms with Gasteiger partial charge in [-0.2, -0.15) is 5.10 Å². The second-order valence-electron chi connectivity index (χ2n) is 6.95. The highest BCUT2D eigenvalue weighted by atomic mass is 16.2. The third-order valence-corrected chi connectivity index (χ3v) is 5.08. The Hall–Kier alpha value is -3.48. The lowest BCUT2D eigenvalue weighted by Gasteiger charge is -2.23. The molecule has 7 heteroatoms. The Labute approximate surface area is 162 Å². The first-order valence-corrected chi connectivity index (χ1v) is 9.22. The first kappa shape index (κ1) is 17.9. The number of amides is 1. The zero-order chi connectivity index (χ0) is 19.7. The van der Waals surface area contributed by atoms with Crippen molar-refractivity contribution in [2.75, 3.05) is 12.3 Å². The monoisotopic (exact) mass is 375 g/mol. The fraction of sp³-hybridized carbons (Fsp3) is 0.238. The normalized spacial score (nSPS) is 16.3. The molecule has 0 bridgehead atoms. The van der Waals surface area contributed by atoms with E-state index in [4.69, 9.17) is 5.73 Å². The molecule has 142 valence electrons. The number of likely N-dealkylation sites (tertiary alicyclic amines) is 1. The number of aromatic nitrogens is 3. The van der Waals surface area contributed by atoms with Crippen LogP contribution < -0.4 is 5.73 Å². The van der Waals surface area contributed by atoms with Gasteiger partial charge in [-0.1, -0.05) is 17.7 Å². The topological polar surface area (TPSA) is 94.1 Å². The molecule has 3 aromatic rings. The van der Waals surface area contributed by atoms with Gasteiger partial charge in [0.2, 0.25) is 0 Å². The zero-order valence-electron chi connectivity index (χ0n) is 15.6. The van der Waals surface area contributed by atoms with E-state index in [9.17, 15) is 9.59 Å². The van der Waals surface area contributed by atoms with E-state index >= 15 is 0 Å². The molecule has 7 nitrogen and oxygen atoms in total. The number of anilines is 1. The van der Waals surface area contributed by atoms with Crippen molar-refractivity contribution in [1.29, 1.82) is 0 Å². The van der Waals surface area contributed by atoms with Crippen LogP contribution in [0.4, 0.5) is 5.82 Å². The highest BCUT2D eigenvalue weighted by Gasteiger charge is 2.36. The summed E-state index contributed by atoms with van der Waals surface area (Å²) in [6.07, 6.45) is 6.01. The number of aryl methyl sites for hydroxylation is 1. The quantitative estimate of drug-likeness (QED) is 0.708. The van der Waals surface area contributed by atoms with Gasteiger partial charge in [-0.05, 0) is 44.0 Å². The van der Waals surface area contributed by atoms with Crippen LogP contribution in [0.15, 0.2) is 55.0 Å². The van der Waals surface area contributed by atoms with Crippen LogP contribution >= 0.6 is 0 Å². The van der Waals surface area contributed by atoms with Crippen LogP contribution in [0.25, 0.3) is 5.69 Å². The van der Waals surface area contributed by atoms with Gasteiger partial charge in [0.05, 0.1) is 29.1 Å². The van der Waals surface area contributed by atoms with Gasteiger partial charge in [0.15, 0.2) is 5.78 Å². The highest BCUT2D eigenvalue weighted by molar-refractivity contribution is 6.07. The molecule has 2 aromatic heterocycles. The van der Waals surface area contributed by atoms with E-state index in [1.54, 1.807) is 27.9 Å². The second-order valence-corrected chi connectivity index (χ2v) is 6.95. The van der Waals surface area contributed by atoms with Crippen molar-refractivity contribution in [3.63, 3.8) is 0 Å². The molecule has 28 heavy (non-hydrogen) atoms. The lowest BCUT2D eigenvalue weighted by molar-refractivity contribution is 0.0671. The van der Waals surface area contributed by atoms with Gasteiger partial charge in [0, 0.05) is 18.9 Å². The Balaban J connectivity index is 1.60. The van der Waals surface area contributed by atoms with Crippen LogP contribution in [0.2, 0.25) is 0 Å². The Kier molecular flexibility index (Phi) is 4.65. The van der Waals surface area contributed by atoms with Crippen molar-refractivity contribution in [3.8, 4) is 5.69 Å². The number of nitrogens with zero attached hydrogens (tertiary/aromatic N) is 4. The maximum absolute atomic E-state index is 13.2. The van der Waals surface area contributed by atoms with Crippen LogP contribution in [-0.4, -0.2) is 43.9 Å². The Morgan fingerprint density at radius 2 is 1.93 bits per heavy atom. The summed E-state index contributed by atoms with van der Waals surface area (Å²) in [6, 6.07) is 10.6. The van der Waals surface area contributed by atoms with Gasteiger partial charge in [0.1, 0.15) is 5.82 Å². The minimum atomic E-state index is -0.536. The molecule has 2 N–H and O–H groups in total. The standard InChI is InChI=1S/C21H21N5O2/c1-14-6-8-16(9-7-14)26-20(22)17(13-24-26)19(27)18-5-3-11-25(18)21(28)15-4-2-10-23-12-15/h2,4,6-10,12-13,18H,3,5,11,22H2,1H3/t18-/m0/s1. The largest absolute Gasteiger partial charge is 0.383 e. The molecule has 1 aromatic carbocycles. The number of Topliss-reactive ketones (excluding diaryl/α,β-unsaturated/α-hetero) is 1. The van der Waals surface area contributed by atoms with E-state index in [2.05, 4.69) is 10.1 Å². The molecule has 1 aliphatic heterocycles. The smallest absolute Gasteiger partial charge is 0.256 e. The molecular weight excluding hydrogens is 354 g/mol. The molecule has 1 atom stereocenters. The summed E-state index contributed by atoms with van der Waals surface area (Å²) < 4.78 is 1.55. The zero-order valence-corrected chi connectivity index (χ0v) is 15.6. The van der Waals surface area contributed by atoms with E-state index in [1.807, 2.05) is 31.2 Å². The van der Waals surface area contributed by atoms with Gasteiger partial charge in [-0.15, -0.1) is 0 Å². The number of pyridine rings is 1. The van der Waals surface area contributed by atoms with E-state index in [1.165, 1.54) is 12.4 Å². The first-order valence-electron chi connectivity index (χ1n) is 9.22. The highest BCUT2D eigenvalue weighted by Crippen LogP contribution is 2.26. The third-order valence-electron chi connectivity index (χ3n) is 5.08. The van der Waals surface area contributed by atoms with Gasteiger partial charge in [-0.25, -0.2) is 4.68 Å². The van der Waals surface area contributed by atoms with Crippen molar-refractivity contribution < 1.29 is 9.59 Å². The number of carbonyl (C=O) groups excluding carboxylic acids is 2. The second kappa shape index (κ2) is 7.26. The number of benzene rings is 1. The van der Waals surface area contributed by atoms with E-state index in [0.717, 1.165) is 17.7 Å². The molecule has 0 saturated carbocycles. The number of nitrogens with two attached hydrogens (primary N) is 1. The summed E-state index contributed by atoms with van der Waals surface area (Å²) in [5, 5.41) is 4.29. The summed E-state index contributed by atoms with van der Waals surface area (Å²) in [5.41, 5.74) is 8.98. The molecule has 1 amide bonds. The van der Waals surface area contributed by atoms with Crippen molar-refractivity contribution >= 4 is 17.5 Å². The first-order chi connectivity index (χ1) is 13.6. The van der Waals surface area contributed by atoms with E-state index in [0.29, 0.717) is 24.1 Å². The molecule has 1 aliphatic rings. The van der Waals surface area contributed by atoms with Gasteiger partial charge < -0.3 is 10.6 Å². The molecular formula is C21H21N5O2. The number of ketones is 1. The molecule has 4 rings (SSSR count). The van der Waals surface area contributed by atoms with Gasteiger partial charge >= 0.3 is 0 Å². The molecule has 1 fully saturated rings. The number of carbonyl (C=O) groups is 2. The Morgan fingerprint density at radius 1 is 1.14 bits per heavy atom. The van der Waals surface area contributed by atoms with Crippen molar-refractivity contribution in [3.05, 3.63) is 71.7 Å². The average Bonchev–Trinajstić information content (AvgIpc) is 3.35.